The number of rotatable bonds is 7. The van der Waals surface area contributed by atoms with E-state index in [2.05, 4.69) is 0 Å². The molecular formula is C14H21NO2. The number of carbonyl (C=O) groups is 1. The van der Waals surface area contributed by atoms with Gasteiger partial charge in [0.1, 0.15) is 0 Å². The highest BCUT2D eigenvalue weighted by Crippen LogP contribution is 2.01. The Morgan fingerprint density at radius 1 is 1.29 bits per heavy atom. The molecule has 0 bridgehead atoms. The lowest BCUT2D eigenvalue weighted by Crippen LogP contribution is -2.29. The standard InChI is InChI=1S/C14H21NO2/c1-12(2)17-10-9-15(3)11-14(16)13-7-5-4-6-8-13/h4-8,12H,9-11H2,1-3H3. The summed E-state index contributed by atoms with van der Waals surface area (Å²) in [5.41, 5.74) is 0.768. The Kier molecular flexibility index (Phi) is 5.87. The van der Waals surface area contributed by atoms with Gasteiger partial charge < -0.3 is 4.74 Å². The number of ketones is 1. The fraction of sp³-hybridized carbons (Fsp3) is 0.500. The molecule has 0 aliphatic carbocycles. The average molecular weight is 235 g/mol. The van der Waals surface area contributed by atoms with Crippen molar-refractivity contribution in [3.8, 4) is 0 Å². The van der Waals surface area contributed by atoms with Gasteiger partial charge in [-0.2, -0.15) is 0 Å². The van der Waals surface area contributed by atoms with E-state index in [1.54, 1.807) is 0 Å². The maximum absolute atomic E-state index is 11.9. The van der Waals surface area contributed by atoms with E-state index >= 15 is 0 Å². The van der Waals surface area contributed by atoms with Crippen LogP contribution < -0.4 is 0 Å². The van der Waals surface area contributed by atoms with Crippen LogP contribution in [0, 0.1) is 0 Å². The lowest BCUT2D eigenvalue weighted by molar-refractivity contribution is 0.0619. The number of likely N-dealkylation sites (N-methyl/N-ethyl adjacent to an activating group) is 1. The molecule has 3 heteroatoms. The Bertz CT molecular complexity index is 335. The summed E-state index contributed by atoms with van der Waals surface area (Å²) in [6.07, 6.45) is 0.244. The summed E-state index contributed by atoms with van der Waals surface area (Å²) in [6, 6.07) is 9.38. The third-order valence-corrected chi connectivity index (χ3v) is 2.43. The van der Waals surface area contributed by atoms with Gasteiger partial charge in [0.2, 0.25) is 0 Å². The molecular weight excluding hydrogens is 214 g/mol. The lowest BCUT2D eigenvalue weighted by atomic mass is 10.1. The van der Waals surface area contributed by atoms with Crippen LogP contribution in [0.15, 0.2) is 30.3 Å². The molecule has 0 atom stereocenters. The zero-order chi connectivity index (χ0) is 12.7. The molecule has 94 valence electrons. The van der Waals surface area contributed by atoms with E-state index in [0.717, 1.165) is 12.1 Å². The first-order chi connectivity index (χ1) is 8.09. The van der Waals surface area contributed by atoms with Gasteiger partial charge in [0.25, 0.3) is 0 Å². The quantitative estimate of drug-likeness (QED) is 0.679. The van der Waals surface area contributed by atoms with Gasteiger partial charge in [-0.05, 0) is 20.9 Å². The van der Waals surface area contributed by atoms with E-state index in [4.69, 9.17) is 4.74 Å². The maximum atomic E-state index is 11.9. The summed E-state index contributed by atoms with van der Waals surface area (Å²) in [5, 5.41) is 0. The van der Waals surface area contributed by atoms with Crippen LogP contribution in [-0.2, 0) is 4.74 Å². The molecule has 0 aromatic heterocycles. The normalized spacial score (nSPS) is 11.1. The van der Waals surface area contributed by atoms with E-state index in [1.165, 1.54) is 0 Å². The minimum absolute atomic E-state index is 0.151. The van der Waals surface area contributed by atoms with Crippen molar-refractivity contribution in [3.05, 3.63) is 35.9 Å². The fourth-order valence-electron chi connectivity index (χ4n) is 1.48. The van der Waals surface area contributed by atoms with Gasteiger partial charge >= 0.3 is 0 Å². The third kappa shape index (κ3) is 5.61. The van der Waals surface area contributed by atoms with Gasteiger partial charge in [-0.25, -0.2) is 0 Å². The maximum Gasteiger partial charge on any atom is 0.176 e. The first-order valence-corrected chi connectivity index (χ1v) is 5.98. The van der Waals surface area contributed by atoms with Gasteiger partial charge in [0, 0.05) is 12.1 Å². The van der Waals surface area contributed by atoms with Gasteiger partial charge in [0.15, 0.2) is 5.78 Å². The summed E-state index contributed by atoms with van der Waals surface area (Å²) >= 11 is 0. The van der Waals surface area contributed by atoms with Crippen LogP contribution in [0.3, 0.4) is 0 Å². The number of Topliss-reactive ketones (excluding diaryl/α,β-unsaturated/α-hetero) is 1. The van der Waals surface area contributed by atoms with E-state index < -0.39 is 0 Å². The van der Waals surface area contributed by atoms with Crippen LogP contribution in [0.5, 0.6) is 0 Å². The molecule has 0 fully saturated rings. The molecule has 1 rings (SSSR count). The monoisotopic (exact) mass is 235 g/mol. The number of carbonyl (C=O) groups excluding carboxylic acids is 1. The highest BCUT2D eigenvalue weighted by Gasteiger charge is 2.08. The molecule has 3 nitrogen and oxygen atoms in total. The molecule has 0 saturated carbocycles. The summed E-state index contributed by atoms with van der Waals surface area (Å²) in [6.45, 7) is 5.89. The van der Waals surface area contributed by atoms with Crippen LogP contribution in [-0.4, -0.2) is 43.5 Å². The van der Waals surface area contributed by atoms with Crippen molar-refractivity contribution in [2.24, 2.45) is 0 Å². The van der Waals surface area contributed by atoms with Crippen molar-refractivity contribution in [1.82, 2.24) is 4.90 Å². The molecule has 0 N–H and O–H groups in total. The van der Waals surface area contributed by atoms with Crippen LogP contribution >= 0.6 is 0 Å². The molecule has 1 aromatic rings. The van der Waals surface area contributed by atoms with Crippen molar-refractivity contribution >= 4 is 5.78 Å². The number of nitrogens with zero attached hydrogens (tertiary/aromatic N) is 1. The van der Waals surface area contributed by atoms with E-state index in [9.17, 15) is 4.79 Å². The Hall–Kier alpha value is -1.19. The van der Waals surface area contributed by atoms with Gasteiger partial charge in [-0.1, -0.05) is 30.3 Å². The number of hydrogen-bond donors (Lipinski definition) is 0. The van der Waals surface area contributed by atoms with Crippen molar-refractivity contribution in [2.45, 2.75) is 20.0 Å². The summed E-state index contributed by atoms with van der Waals surface area (Å²) in [5.74, 6) is 0.151. The number of ether oxygens (including phenoxy) is 1. The molecule has 0 radical (unpaired) electrons. The van der Waals surface area contributed by atoms with Crippen LogP contribution in [0.25, 0.3) is 0 Å². The fourth-order valence-corrected chi connectivity index (χ4v) is 1.48. The van der Waals surface area contributed by atoms with Crippen LogP contribution in [0.4, 0.5) is 0 Å². The van der Waals surface area contributed by atoms with E-state index in [0.29, 0.717) is 13.2 Å². The Labute approximate surface area is 103 Å². The zero-order valence-corrected chi connectivity index (χ0v) is 10.8. The molecule has 0 saturated heterocycles. The van der Waals surface area contributed by atoms with E-state index in [-0.39, 0.29) is 11.9 Å². The predicted molar refractivity (Wildman–Crippen MR) is 69.4 cm³/mol. The summed E-state index contributed by atoms with van der Waals surface area (Å²) in [4.78, 5) is 13.9. The smallest absolute Gasteiger partial charge is 0.176 e. The largest absolute Gasteiger partial charge is 0.377 e. The molecule has 0 aliphatic heterocycles. The SMILES string of the molecule is CC(C)OCCN(C)CC(=O)c1ccccc1. The molecule has 0 spiro atoms. The third-order valence-electron chi connectivity index (χ3n) is 2.43. The summed E-state index contributed by atoms with van der Waals surface area (Å²) < 4.78 is 5.45. The molecule has 17 heavy (non-hydrogen) atoms. The van der Waals surface area contributed by atoms with Gasteiger partial charge in [0.05, 0.1) is 19.3 Å². The second kappa shape index (κ2) is 7.20. The Morgan fingerprint density at radius 2 is 1.94 bits per heavy atom. The summed E-state index contributed by atoms with van der Waals surface area (Å²) in [7, 11) is 1.94. The zero-order valence-electron chi connectivity index (χ0n) is 10.8. The predicted octanol–water partition coefficient (Wildman–Crippen LogP) is 2.23. The minimum Gasteiger partial charge on any atom is -0.377 e. The van der Waals surface area contributed by atoms with Gasteiger partial charge in [-0.3, -0.25) is 9.69 Å². The average Bonchev–Trinajstić information content (AvgIpc) is 2.29. The number of hydrogen-bond acceptors (Lipinski definition) is 3. The van der Waals surface area contributed by atoms with Crippen molar-refractivity contribution < 1.29 is 9.53 Å². The molecule has 0 unspecified atom stereocenters. The second-order valence-corrected chi connectivity index (χ2v) is 4.45. The molecule has 1 aromatic carbocycles. The topological polar surface area (TPSA) is 29.5 Å². The number of benzene rings is 1. The molecule has 0 aliphatic rings. The lowest BCUT2D eigenvalue weighted by Gasteiger charge is -2.16. The molecule has 0 amide bonds. The second-order valence-electron chi connectivity index (χ2n) is 4.45. The van der Waals surface area contributed by atoms with Crippen molar-refractivity contribution in [2.75, 3.05) is 26.7 Å². The molecule has 0 heterocycles. The van der Waals surface area contributed by atoms with Crippen LogP contribution in [0.2, 0.25) is 0 Å². The first-order valence-electron chi connectivity index (χ1n) is 5.98. The van der Waals surface area contributed by atoms with Crippen molar-refractivity contribution in [1.29, 1.82) is 0 Å². The Morgan fingerprint density at radius 3 is 2.53 bits per heavy atom. The highest BCUT2D eigenvalue weighted by molar-refractivity contribution is 5.97. The van der Waals surface area contributed by atoms with Crippen LogP contribution in [0.1, 0.15) is 24.2 Å². The minimum atomic E-state index is 0.151. The van der Waals surface area contributed by atoms with Gasteiger partial charge in [-0.15, -0.1) is 0 Å². The first kappa shape index (κ1) is 13.9. The Balaban J connectivity index is 2.31. The van der Waals surface area contributed by atoms with E-state index in [1.807, 2.05) is 56.1 Å². The highest BCUT2D eigenvalue weighted by atomic mass is 16.5. The van der Waals surface area contributed by atoms with Crippen molar-refractivity contribution in [3.63, 3.8) is 0 Å².